The van der Waals surface area contributed by atoms with Crippen molar-refractivity contribution in [2.24, 2.45) is 0 Å². The van der Waals surface area contributed by atoms with E-state index in [0.717, 1.165) is 6.42 Å². The number of amides is 1. The maximum absolute atomic E-state index is 11.6. The first-order chi connectivity index (χ1) is 10.2. The number of hydrogen-bond acceptors (Lipinski definition) is 1. The van der Waals surface area contributed by atoms with Gasteiger partial charge in [-0.05, 0) is 24.5 Å². The SMILES string of the molecule is CC(Br)C(=O)NCCC(c1ccccc1)c1ccccc1. The van der Waals surface area contributed by atoms with Crippen molar-refractivity contribution in [3.8, 4) is 0 Å². The smallest absolute Gasteiger partial charge is 0.233 e. The monoisotopic (exact) mass is 345 g/mol. The molecule has 0 aliphatic carbocycles. The van der Waals surface area contributed by atoms with Gasteiger partial charge in [-0.3, -0.25) is 4.79 Å². The second-order valence-corrected chi connectivity index (χ2v) is 6.44. The predicted molar refractivity (Wildman–Crippen MR) is 90.7 cm³/mol. The van der Waals surface area contributed by atoms with Gasteiger partial charge < -0.3 is 5.32 Å². The number of halogens is 1. The third-order valence-electron chi connectivity index (χ3n) is 3.50. The zero-order valence-electron chi connectivity index (χ0n) is 12.1. The van der Waals surface area contributed by atoms with E-state index in [0.29, 0.717) is 12.5 Å². The van der Waals surface area contributed by atoms with Crippen LogP contribution in [0.3, 0.4) is 0 Å². The van der Waals surface area contributed by atoms with Crippen molar-refractivity contribution in [1.82, 2.24) is 5.32 Å². The summed E-state index contributed by atoms with van der Waals surface area (Å²) in [6.45, 7) is 2.50. The number of benzene rings is 2. The maximum atomic E-state index is 11.6. The Hall–Kier alpha value is -1.61. The minimum atomic E-state index is -0.149. The summed E-state index contributed by atoms with van der Waals surface area (Å²) in [6.07, 6.45) is 0.888. The molecule has 0 spiro atoms. The van der Waals surface area contributed by atoms with Gasteiger partial charge in [0.2, 0.25) is 5.91 Å². The lowest BCUT2D eigenvalue weighted by atomic mass is 9.88. The Bertz CT molecular complexity index is 514. The average molecular weight is 346 g/mol. The van der Waals surface area contributed by atoms with Gasteiger partial charge in [0.05, 0.1) is 4.83 Å². The molecule has 110 valence electrons. The normalized spacial score (nSPS) is 12.1. The first kappa shape index (κ1) is 15.8. The molecule has 2 aromatic rings. The molecule has 1 atom stereocenters. The third kappa shape index (κ3) is 4.71. The standard InChI is InChI=1S/C18H20BrNO/c1-14(19)18(21)20-13-12-17(15-8-4-2-5-9-15)16-10-6-3-7-11-16/h2-11,14,17H,12-13H2,1H3,(H,20,21). The molecular formula is C18H20BrNO. The van der Waals surface area contributed by atoms with Crippen LogP contribution in [0.4, 0.5) is 0 Å². The molecule has 21 heavy (non-hydrogen) atoms. The lowest BCUT2D eigenvalue weighted by Crippen LogP contribution is -2.31. The molecule has 0 aromatic heterocycles. The van der Waals surface area contributed by atoms with E-state index < -0.39 is 0 Å². The van der Waals surface area contributed by atoms with Gasteiger partial charge in [-0.15, -0.1) is 0 Å². The highest BCUT2D eigenvalue weighted by Crippen LogP contribution is 2.27. The van der Waals surface area contributed by atoms with Gasteiger partial charge in [0.15, 0.2) is 0 Å². The fourth-order valence-electron chi connectivity index (χ4n) is 2.38. The summed E-state index contributed by atoms with van der Waals surface area (Å²) in [6, 6.07) is 20.9. The van der Waals surface area contributed by atoms with E-state index in [-0.39, 0.29) is 10.7 Å². The summed E-state index contributed by atoms with van der Waals surface area (Å²) in [5.74, 6) is 0.341. The zero-order chi connectivity index (χ0) is 15.1. The summed E-state index contributed by atoms with van der Waals surface area (Å²) in [4.78, 5) is 11.5. The van der Waals surface area contributed by atoms with Crippen molar-refractivity contribution >= 4 is 21.8 Å². The minimum absolute atomic E-state index is 0.0369. The number of alkyl halides is 1. The molecule has 1 amide bonds. The molecule has 1 N–H and O–H groups in total. The van der Waals surface area contributed by atoms with Crippen LogP contribution in [0.15, 0.2) is 60.7 Å². The molecule has 0 bridgehead atoms. The fourth-order valence-corrected chi connectivity index (χ4v) is 2.54. The van der Waals surface area contributed by atoms with Crippen LogP contribution in [-0.4, -0.2) is 17.3 Å². The summed E-state index contributed by atoms with van der Waals surface area (Å²) >= 11 is 3.28. The largest absolute Gasteiger partial charge is 0.355 e. The maximum Gasteiger partial charge on any atom is 0.233 e. The van der Waals surface area contributed by atoms with E-state index in [1.54, 1.807) is 0 Å². The van der Waals surface area contributed by atoms with Crippen LogP contribution in [0.5, 0.6) is 0 Å². The Balaban J connectivity index is 2.09. The van der Waals surface area contributed by atoms with Crippen molar-refractivity contribution in [1.29, 1.82) is 0 Å². The second kappa shape index (κ2) is 7.99. The minimum Gasteiger partial charge on any atom is -0.355 e. The summed E-state index contributed by atoms with van der Waals surface area (Å²) in [7, 11) is 0. The molecule has 0 saturated carbocycles. The number of nitrogens with one attached hydrogen (secondary N) is 1. The summed E-state index contributed by atoms with van der Waals surface area (Å²) in [5.41, 5.74) is 2.56. The van der Waals surface area contributed by atoms with Gasteiger partial charge in [-0.25, -0.2) is 0 Å². The number of rotatable bonds is 6. The third-order valence-corrected chi connectivity index (χ3v) is 3.91. The predicted octanol–water partition coefficient (Wildman–Crippen LogP) is 4.11. The molecule has 0 saturated heterocycles. The van der Waals surface area contributed by atoms with Crippen LogP contribution < -0.4 is 5.32 Å². The van der Waals surface area contributed by atoms with Crippen molar-refractivity contribution < 1.29 is 4.79 Å². The van der Waals surface area contributed by atoms with E-state index >= 15 is 0 Å². The Morgan fingerprint density at radius 1 is 1.00 bits per heavy atom. The van der Waals surface area contributed by atoms with Crippen LogP contribution in [0.1, 0.15) is 30.4 Å². The van der Waals surface area contributed by atoms with Gasteiger partial charge in [-0.2, -0.15) is 0 Å². The molecule has 3 heteroatoms. The van der Waals surface area contributed by atoms with Gasteiger partial charge in [0.25, 0.3) is 0 Å². The number of carbonyl (C=O) groups excluding carboxylic acids is 1. The molecule has 0 fully saturated rings. The molecule has 0 aliphatic rings. The Morgan fingerprint density at radius 3 is 1.90 bits per heavy atom. The summed E-state index contributed by atoms with van der Waals surface area (Å²) in [5, 5.41) is 2.97. The molecular weight excluding hydrogens is 326 g/mol. The Morgan fingerprint density at radius 2 is 1.48 bits per heavy atom. The van der Waals surface area contributed by atoms with E-state index in [4.69, 9.17) is 0 Å². The molecule has 0 radical (unpaired) electrons. The molecule has 2 aromatic carbocycles. The van der Waals surface area contributed by atoms with Crippen molar-refractivity contribution in [2.45, 2.75) is 24.1 Å². The lowest BCUT2D eigenvalue weighted by molar-refractivity contribution is -0.120. The molecule has 2 rings (SSSR count). The summed E-state index contributed by atoms with van der Waals surface area (Å²) < 4.78 is 0. The van der Waals surface area contributed by atoms with Crippen molar-refractivity contribution in [3.05, 3.63) is 71.8 Å². The molecule has 0 aliphatic heterocycles. The molecule has 1 unspecified atom stereocenters. The van der Waals surface area contributed by atoms with Crippen LogP contribution in [-0.2, 0) is 4.79 Å². The quantitative estimate of drug-likeness (QED) is 0.784. The highest BCUT2D eigenvalue weighted by atomic mass is 79.9. The Kier molecular flexibility index (Phi) is 6.00. The molecule has 0 heterocycles. The van der Waals surface area contributed by atoms with Crippen LogP contribution in [0.2, 0.25) is 0 Å². The second-order valence-electron chi connectivity index (χ2n) is 5.07. The average Bonchev–Trinajstić information content (AvgIpc) is 2.53. The van der Waals surface area contributed by atoms with E-state index in [1.165, 1.54) is 11.1 Å². The highest BCUT2D eigenvalue weighted by Gasteiger charge is 2.15. The van der Waals surface area contributed by atoms with Crippen molar-refractivity contribution in [3.63, 3.8) is 0 Å². The number of carbonyl (C=O) groups is 1. The lowest BCUT2D eigenvalue weighted by Gasteiger charge is -2.18. The Labute approximate surface area is 134 Å². The van der Waals surface area contributed by atoms with E-state index in [9.17, 15) is 4.79 Å². The van der Waals surface area contributed by atoms with Crippen LogP contribution in [0, 0.1) is 0 Å². The fraction of sp³-hybridized carbons (Fsp3) is 0.278. The van der Waals surface area contributed by atoms with Crippen LogP contribution in [0.25, 0.3) is 0 Å². The van der Waals surface area contributed by atoms with Gasteiger partial charge >= 0.3 is 0 Å². The topological polar surface area (TPSA) is 29.1 Å². The van der Waals surface area contributed by atoms with E-state index in [2.05, 4.69) is 69.8 Å². The first-order valence-corrected chi connectivity index (χ1v) is 8.11. The first-order valence-electron chi connectivity index (χ1n) is 7.20. The van der Waals surface area contributed by atoms with Gasteiger partial charge in [-0.1, -0.05) is 76.6 Å². The highest BCUT2D eigenvalue weighted by molar-refractivity contribution is 9.10. The van der Waals surface area contributed by atoms with Gasteiger partial charge in [0, 0.05) is 12.5 Å². The van der Waals surface area contributed by atoms with Crippen LogP contribution >= 0.6 is 15.9 Å². The van der Waals surface area contributed by atoms with E-state index in [1.807, 2.05) is 19.1 Å². The van der Waals surface area contributed by atoms with Gasteiger partial charge in [0.1, 0.15) is 0 Å². The number of hydrogen-bond donors (Lipinski definition) is 1. The molecule has 2 nitrogen and oxygen atoms in total. The zero-order valence-corrected chi connectivity index (χ0v) is 13.7. The van der Waals surface area contributed by atoms with Crippen molar-refractivity contribution in [2.75, 3.05) is 6.54 Å².